The summed E-state index contributed by atoms with van der Waals surface area (Å²) in [5, 5.41) is 3.63. The second-order valence-electron chi connectivity index (χ2n) is 2.58. The van der Waals surface area contributed by atoms with Crippen molar-refractivity contribution in [3.05, 3.63) is 28.8 Å². The quantitative estimate of drug-likeness (QED) is 0.600. The van der Waals surface area contributed by atoms with Crippen LogP contribution in [0.15, 0.2) is 18.2 Å². The maximum Gasteiger partial charge on any atom is 0.124 e. The van der Waals surface area contributed by atoms with Crippen molar-refractivity contribution in [1.29, 1.82) is 0 Å². The van der Waals surface area contributed by atoms with Crippen LogP contribution in [0, 0.1) is 0 Å². The Labute approximate surface area is 88.6 Å². The molecule has 0 aliphatic rings. The molecule has 0 radical (unpaired) electrons. The van der Waals surface area contributed by atoms with Crippen molar-refractivity contribution >= 4 is 24.2 Å². The lowest BCUT2D eigenvalue weighted by Crippen LogP contribution is -2.11. The number of thiol groups is 1. The van der Waals surface area contributed by atoms with Crippen molar-refractivity contribution in [2.24, 2.45) is 0 Å². The molecular formula is C9H12ClNOS. The Hall–Kier alpha value is -0.380. The van der Waals surface area contributed by atoms with Gasteiger partial charge in [-0.25, -0.2) is 0 Å². The second kappa shape index (κ2) is 4.74. The fourth-order valence-corrected chi connectivity index (χ4v) is 1.46. The van der Waals surface area contributed by atoms with Crippen LogP contribution >= 0.6 is 24.2 Å². The predicted octanol–water partition coefficient (Wildman–Crippen LogP) is 2.50. The van der Waals surface area contributed by atoms with Crippen LogP contribution in [0.2, 0.25) is 5.02 Å². The molecule has 1 unspecified atom stereocenters. The Morgan fingerprint density at radius 1 is 1.54 bits per heavy atom. The van der Waals surface area contributed by atoms with E-state index >= 15 is 0 Å². The van der Waals surface area contributed by atoms with Crippen LogP contribution < -0.4 is 10.1 Å². The third kappa shape index (κ3) is 2.53. The lowest BCUT2D eigenvalue weighted by Gasteiger charge is -2.14. The van der Waals surface area contributed by atoms with Gasteiger partial charge in [-0.05, 0) is 25.2 Å². The molecule has 1 atom stereocenters. The molecule has 0 amide bonds. The number of benzene rings is 1. The molecule has 13 heavy (non-hydrogen) atoms. The zero-order chi connectivity index (χ0) is 9.84. The summed E-state index contributed by atoms with van der Waals surface area (Å²) in [4.78, 5) is 0. The molecule has 0 fully saturated rings. The minimum absolute atomic E-state index is 0.0614. The lowest BCUT2D eigenvalue weighted by molar-refractivity contribution is 0.408. The zero-order valence-electron chi connectivity index (χ0n) is 7.54. The van der Waals surface area contributed by atoms with Gasteiger partial charge >= 0.3 is 0 Å². The van der Waals surface area contributed by atoms with Gasteiger partial charge in [-0.15, -0.1) is 0 Å². The molecule has 0 spiro atoms. The highest BCUT2D eigenvalue weighted by Crippen LogP contribution is 2.29. The number of halogens is 1. The molecule has 0 aromatic heterocycles. The van der Waals surface area contributed by atoms with Gasteiger partial charge in [-0.2, -0.15) is 12.6 Å². The molecule has 1 aromatic rings. The van der Waals surface area contributed by atoms with Crippen molar-refractivity contribution in [1.82, 2.24) is 5.32 Å². The summed E-state index contributed by atoms with van der Waals surface area (Å²) in [6.45, 7) is 0. The highest BCUT2D eigenvalue weighted by atomic mass is 35.5. The summed E-state index contributed by atoms with van der Waals surface area (Å²) in [5.41, 5.74) is 0.945. The zero-order valence-corrected chi connectivity index (χ0v) is 9.19. The van der Waals surface area contributed by atoms with Gasteiger partial charge < -0.3 is 10.1 Å². The summed E-state index contributed by atoms with van der Waals surface area (Å²) in [7, 11) is 3.46. The van der Waals surface area contributed by atoms with E-state index in [1.807, 2.05) is 19.2 Å². The van der Waals surface area contributed by atoms with Gasteiger partial charge in [-0.1, -0.05) is 11.6 Å². The monoisotopic (exact) mass is 217 g/mol. The van der Waals surface area contributed by atoms with Crippen LogP contribution in [-0.4, -0.2) is 14.2 Å². The first-order valence-electron chi connectivity index (χ1n) is 3.87. The highest BCUT2D eigenvalue weighted by Gasteiger charge is 2.10. The smallest absolute Gasteiger partial charge is 0.124 e. The fraction of sp³-hybridized carbons (Fsp3) is 0.333. The normalized spacial score (nSPS) is 12.6. The number of methoxy groups -OCH3 is 1. The predicted molar refractivity (Wildman–Crippen MR) is 58.8 cm³/mol. The molecular weight excluding hydrogens is 206 g/mol. The average Bonchev–Trinajstić information content (AvgIpc) is 2.16. The van der Waals surface area contributed by atoms with Gasteiger partial charge in [0.1, 0.15) is 5.75 Å². The molecule has 4 heteroatoms. The molecule has 0 bridgehead atoms. The summed E-state index contributed by atoms with van der Waals surface area (Å²) in [5.74, 6) is 0.791. The molecule has 1 N–H and O–H groups in total. The minimum Gasteiger partial charge on any atom is -0.496 e. The van der Waals surface area contributed by atoms with Crippen LogP contribution in [0.5, 0.6) is 5.75 Å². The molecule has 0 heterocycles. The van der Waals surface area contributed by atoms with Crippen molar-refractivity contribution in [2.45, 2.75) is 5.37 Å². The van der Waals surface area contributed by atoms with E-state index in [1.54, 1.807) is 13.2 Å². The summed E-state index contributed by atoms with van der Waals surface area (Å²) >= 11 is 10.2. The third-order valence-corrected chi connectivity index (χ3v) is 2.53. The Balaban J connectivity index is 3.07. The van der Waals surface area contributed by atoms with Gasteiger partial charge in [0.05, 0.1) is 12.5 Å². The summed E-state index contributed by atoms with van der Waals surface area (Å²) in [6, 6.07) is 5.47. The van der Waals surface area contributed by atoms with E-state index in [4.69, 9.17) is 16.3 Å². The Kier molecular flexibility index (Phi) is 3.90. The molecule has 1 rings (SSSR count). The van der Waals surface area contributed by atoms with Crippen LogP contribution in [0.4, 0.5) is 0 Å². The fourth-order valence-electron chi connectivity index (χ4n) is 1.07. The van der Waals surface area contributed by atoms with E-state index in [0.717, 1.165) is 11.3 Å². The second-order valence-corrected chi connectivity index (χ2v) is 3.53. The third-order valence-electron chi connectivity index (χ3n) is 1.76. The molecule has 0 aliphatic heterocycles. The molecule has 1 aromatic carbocycles. The average molecular weight is 218 g/mol. The SMILES string of the molecule is CNC(S)c1cc(Cl)ccc1OC. The number of hydrogen-bond donors (Lipinski definition) is 2. The topological polar surface area (TPSA) is 21.3 Å². The maximum absolute atomic E-state index is 5.86. The van der Waals surface area contributed by atoms with Gasteiger partial charge in [0, 0.05) is 10.6 Å². The van der Waals surface area contributed by atoms with E-state index in [1.165, 1.54) is 0 Å². The molecule has 0 saturated heterocycles. The van der Waals surface area contributed by atoms with Crippen LogP contribution in [0.1, 0.15) is 10.9 Å². The molecule has 2 nitrogen and oxygen atoms in total. The van der Waals surface area contributed by atoms with Crippen LogP contribution in [0.25, 0.3) is 0 Å². The van der Waals surface area contributed by atoms with Crippen molar-refractivity contribution < 1.29 is 4.74 Å². The molecule has 72 valence electrons. The Morgan fingerprint density at radius 2 is 2.23 bits per heavy atom. The minimum atomic E-state index is -0.0614. The largest absolute Gasteiger partial charge is 0.496 e. The van der Waals surface area contributed by atoms with Gasteiger partial charge in [0.15, 0.2) is 0 Å². The van der Waals surface area contributed by atoms with E-state index in [2.05, 4.69) is 17.9 Å². The van der Waals surface area contributed by atoms with E-state index in [-0.39, 0.29) is 5.37 Å². The summed E-state index contributed by atoms with van der Waals surface area (Å²) in [6.07, 6.45) is 0. The van der Waals surface area contributed by atoms with E-state index < -0.39 is 0 Å². The van der Waals surface area contributed by atoms with E-state index in [9.17, 15) is 0 Å². The van der Waals surface area contributed by atoms with Crippen molar-refractivity contribution in [3.63, 3.8) is 0 Å². The van der Waals surface area contributed by atoms with Crippen molar-refractivity contribution in [3.8, 4) is 5.75 Å². The van der Waals surface area contributed by atoms with Gasteiger partial charge in [0.2, 0.25) is 0 Å². The number of nitrogens with one attached hydrogen (secondary N) is 1. The van der Waals surface area contributed by atoms with Crippen LogP contribution in [0.3, 0.4) is 0 Å². The van der Waals surface area contributed by atoms with Gasteiger partial charge in [-0.3, -0.25) is 0 Å². The first-order valence-corrected chi connectivity index (χ1v) is 4.77. The maximum atomic E-state index is 5.86. The Bertz CT molecular complexity index is 293. The first kappa shape index (κ1) is 10.7. The van der Waals surface area contributed by atoms with E-state index in [0.29, 0.717) is 5.02 Å². The number of rotatable bonds is 3. The standard InChI is InChI=1S/C9H12ClNOS/c1-11-9(13)7-5-6(10)3-4-8(7)12-2/h3-5,9,11,13H,1-2H3. The van der Waals surface area contributed by atoms with Crippen LogP contribution in [-0.2, 0) is 0 Å². The first-order chi connectivity index (χ1) is 6.19. The van der Waals surface area contributed by atoms with Crippen molar-refractivity contribution in [2.75, 3.05) is 14.2 Å². The number of hydrogen-bond acceptors (Lipinski definition) is 3. The number of ether oxygens (including phenoxy) is 1. The molecule has 0 aliphatic carbocycles. The highest BCUT2D eigenvalue weighted by molar-refractivity contribution is 7.80. The van der Waals surface area contributed by atoms with Gasteiger partial charge in [0.25, 0.3) is 0 Å². The Morgan fingerprint density at radius 3 is 2.77 bits per heavy atom. The summed E-state index contributed by atoms with van der Waals surface area (Å²) < 4.78 is 5.18. The lowest BCUT2D eigenvalue weighted by atomic mass is 10.2. The molecule has 0 saturated carbocycles.